The van der Waals surface area contributed by atoms with Crippen LogP contribution in [0.1, 0.15) is 83.1 Å². The maximum absolute atomic E-state index is 10.6. The molecule has 1 aromatic rings. The molecule has 1 nitrogen and oxygen atoms in total. The third kappa shape index (κ3) is 4.85. The minimum Gasteiger partial charge on any atom is -0.392 e. The largest absolute Gasteiger partial charge is 0.392 e. The number of aliphatic hydroxyl groups is 1. The first-order valence-corrected chi connectivity index (χ1v) is 9.03. The van der Waals surface area contributed by atoms with Gasteiger partial charge in [-0.05, 0) is 24.8 Å². The fourth-order valence-corrected chi connectivity index (χ4v) is 3.47. The lowest BCUT2D eigenvalue weighted by molar-refractivity contribution is 0.119. The van der Waals surface area contributed by atoms with Gasteiger partial charge in [-0.2, -0.15) is 0 Å². The Morgan fingerprint density at radius 3 is 2.05 bits per heavy atom. The maximum atomic E-state index is 10.6. The summed E-state index contributed by atoms with van der Waals surface area (Å²) in [5.74, 6) is 0. The van der Waals surface area contributed by atoms with Crippen LogP contribution in [0.25, 0.3) is 0 Å². The highest BCUT2D eigenvalue weighted by Crippen LogP contribution is 2.52. The lowest BCUT2D eigenvalue weighted by Gasteiger charge is -2.22. The van der Waals surface area contributed by atoms with Crippen LogP contribution in [0.2, 0.25) is 0 Å². The molecule has 1 heteroatoms. The van der Waals surface area contributed by atoms with Gasteiger partial charge in [0, 0.05) is 5.41 Å². The van der Waals surface area contributed by atoms with Crippen LogP contribution in [-0.2, 0) is 5.41 Å². The Hall–Kier alpha value is -0.820. The Morgan fingerprint density at radius 2 is 1.48 bits per heavy atom. The van der Waals surface area contributed by atoms with E-state index in [-0.39, 0.29) is 11.5 Å². The molecule has 2 rings (SSSR count). The number of unbranched alkanes of at least 4 members (excludes halogenated alkanes) is 7. The van der Waals surface area contributed by atoms with Crippen molar-refractivity contribution in [1.82, 2.24) is 0 Å². The minimum atomic E-state index is -0.139. The molecule has 1 fully saturated rings. The summed E-state index contributed by atoms with van der Waals surface area (Å²) in [6, 6.07) is 10.6. The molecule has 21 heavy (non-hydrogen) atoms. The van der Waals surface area contributed by atoms with Gasteiger partial charge in [0.2, 0.25) is 0 Å². The van der Waals surface area contributed by atoms with Gasteiger partial charge in [-0.3, -0.25) is 0 Å². The summed E-state index contributed by atoms with van der Waals surface area (Å²) >= 11 is 0. The summed E-state index contributed by atoms with van der Waals surface area (Å²) in [4.78, 5) is 0. The van der Waals surface area contributed by atoms with Crippen molar-refractivity contribution in [2.75, 3.05) is 0 Å². The van der Waals surface area contributed by atoms with Crippen LogP contribution in [-0.4, -0.2) is 11.2 Å². The molecular weight excluding hydrogens is 256 g/mol. The van der Waals surface area contributed by atoms with Gasteiger partial charge in [-0.15, -0.1) is 0 Å². The fourth-order valence-electron chi connectivity index (χ4n) is 3.47. The fraction of sp³-hybridized carbons (Fsp3) is 0.700. The van der Waals surface area contributed by atoms with Crippen molar-refractivity contribution in [3.05, 3.63) is 35.9 Å². The Kier molecular flexibility index (Phi) is 6.76. The van der Waals surface area contributed by atoms with E-state index in [1.165, 1.54) is 56.9 Å². The molecule has 0 aromatic heterocycles. The molecule has 0 amide bonds. The van der Waals surface area contributed by atoms with Gasteiger partial charge in [-0.1, -0.05) is 88.6 Å². The van der Waals surface area contributed by atoms with E-state index >= 15 is 0 Å². The van der Waals surface area contributed by atoms with Crippen molar-refractivity contribution in [1.29, 1.82) is 0 Å². The van der Waals surface area contributed by atoms with Crippen molar-refractivity contribution < 1.29 is 5.11 Å². The topological polar surface area (TPSA) is 20.2 Å². The zero-order valence-electron chi connectivity index (χ0n) is 13.7. The number of aliphatic hydroxyl groups excluding tert-OH is 1. The first-order chi connectivity index (χ1) is 10.3. The van der Waals surface area contributed by atoms with Gasteiger partial charge in [-0.25, -0.2) is 0 Å². The quantitative estimate of drug-likeness (QED) is 0.525. The van der Waals surface area contributed by atoms with Gasteiger partial charge in [0.25, 0.3) is 0 Å². The molecular formula is C20H32O. The Balaban J connectivity index is 1.61. The molecule has 0 heterocycles. The van der Waals surface area contributed by atoms with E-state index in [0.29, 0.717) is 0 Å². The van der Waals surface area contributed by atoms with Gasteiger partial charge in [0.05, 0.1) is 6.10 Å². The Morgan fingerprint density at radius 1 is 0.905 bits per heavy atom. The first-order valence-electron chi connectivity index (χ1n) is 9.03. The molecule has 0 aliphatic heterocycles. The third-order valence-electron chi connectivity index (χ3n) is 5.11. The van der Waals surface area contributed by atoms with Crippen LogP contribution >= 0.6 is 0 Å². The molecule has 1 atom stereocenters. The minimum absolute atomic E-state index is 0.0996. The van der Waals surface area contributed by atoms with Crippen molar-refractivity contribution in [3.63, 3.8) is 0 Å². The molecule has 1 N–H and O–H groups in total. The highest BCUT2D eigenvalue weighted by molar-refractivity contribution is 5.32. The SMILES string of the molecule is CCCCCCCCCCC(O)C1(c2ccccc2)CC1. The third-order valence-corrected chi connectivity index (χ3v) is 5.11. The first kappa shape index (κ1) is 16.5. The summed E-state index contributed by atoms with van der Waals surface area (Å²) in [6.45, 7) is 2.27. The Labute approximate surface area is 130 Å². The average Bonchev–Trinajstić information content (AvgIpc) is 3.32. The van der Waals surface area contributed by atoms with Crippen LogP contribution < -0.4 is 0 Å². The highest BCUT2D eigenvalue weighted by atomic mass is 16.3. The molecule has 118 valence electrons. The number of hydrogen-bond donors (Lipinski definition) is 1. The van der Waals surface area contributed by atoms with Gasteiger partial charge in [0.1, 0.15) is 0 Å². The zero-order chi connectivity index (χ0) is 15.0. The molecule has 0 spiro atoms. The van der Waals surface area contributed by atoms with Gasteiger partial charge >= 0.3 is 0 Å². The zero-order valence-corrected chi connectivity index (χ0v) is 13.7. The van der Waals surface area contributed by atoms with E-state index in [4.69, 9.17) is 0 Å². The molecule has 1 unspecified atom stereocenters. The van der Waals surface area contributed by atoms with Crippen molar-refractivity contribution in [2.45, 2.75) is 89.1 Å². The van der Waals surface area contributed by atoms with E-state index < -0.39 is 0 Å². The van der Waals surface area contributed by atoms with Crippen LogP contribution in [0, 0.1) is 0 Å². The lowest BCUT2D eigenvalue weighted by Crippen LogP contribution is -2.25. The Bertz CT molecular complexity index is 380. The van der Waals surface area contributed by atoms with Crippen LogP contribution in [0.5, 0.6) is 0 Å². The van der Waals surface area contributed by atoms with E-state index in [1.54, 1.807) is 0 Å². The summed E-state index contributed by atoms with van der Waals surface area (Å²) in [5, 5.41) is 10.6. The van der Waals surface area contributed by atoms with Crippen LogP contribution in [0.15, 0.2) is 30.3 Å². The maximum Gasteiger partial charge on any atom is 0.0636 e. The molecule has 0 saturated heterocycles. The van der Waals surface area contributed by atoms with E-state index in [9.17, 15) is 5.11 Å². The van der Waals surface area contributed by atoms with Gasteiger partial charge < -0.3 is 5.11 Å². The van der Waals surface area contributed by atoms with Crippen molar-refractivity contribution >= 4 is 0 Å². The standard InChI is InChI=1S/C20H32O/c1-2-3-4-5-6-7-8-12-15-19(21)20(16-17-20)18-13-10-9-11-14-18/h9-11,13-14,19,21H,2-8,12,15-17H2,1H3. The van der Waals surface area contributed by atoms with Crippen LogP contribution in [0.3, 0.4) is 0 Å². The summed E-state index contributed by atoms with van der Waals surface area (Å²) in [7, 11) is 0. The highest BCUT2D eigenvalue weighted by Gasteiger charge is 2.49. The van der Waals surface area contributed by atoms with E-state index in [2.05, 4.69) is 37.3 Å². The smallest absolute Gasteiger partial charge is 0.0636 e. The molecule has 1 aromatic carbocycles. The second-order valence-corrected chi connectivity index (χ2v) is 6.80. The van der Waals surface area contributed by atoms with E-state index in [0.717, 1.165) is 19.3 Å². The second-order valence-electron chi connectivity index (χ2n) is 6.80. The number of benzene rings is 1. The molecule has 1 saturated carbocycles. The molecule has 0 bridgehead atoms. The summed E-state index contributed by atoms with van der Waals surface area (Å²) in [5.41, 5.74) is 1.44. The number of rotatable bonds is 11. The average molecular weight is 288 g/mol. The normalized spacial score (nSPS) is 17.6. The molecule has 1 aliphatic rings. The van der Waals surface area contributed by atoms with Gasteiger partial charge in [0.15, 0.2) is 0 Å². The van der Waals surface area contributed by atoms with Crippen molar-refractivity contribution in [3.8, 4) is 0 Å². The number of hydrogen-bond acceptors (Lipinski definition) is 1. The molecule has 1 aliphatic carbocycles. The summed E-state index contributed by atoms with van der Waals surface area (Å²) in [6.07, 6.45) is 13.9. The summed E-state index contributed by atoms with van der Waals surface area (Å²) < 4.78 is 0. The monoisotopic (exact) mass is 288 g/mol. The second kappa shape index (κ2) is 8.58. The predicted octanol–water partition coefficient (Wildman–Crippen LogP) is 5.61. The predicted molar refractivity (Wildman–Crippen MR) is 90.6 cm³/mol. The van der Waals surface area contributed by atoms with E-state index in [1.807, 2.05) is 0 Å². The van der Waals surface area contributed by atoms with Crippen molar-refractivity contribution in [2.24, 2.45) is 0 Å². The molecule has 0 radical (unpaired) electrons. The lowest BCUT2D eigenvalue weighted by atomic mass is 9.87. The van der Waals surface area contributed by atoms with Crippen LogP contribution in [0.4, 0.5) is 0 Å².